The number of nitro groups is 1. The molecule has 0 fully saturated rings. The van der Waals surface area contributed by atoms with Gasteiger partial charge in [0.1, 0.15) is 5.75 Å². The number of hydrogen-bond donors (Lipinski definition) is 1. The van der Waals surface area contributed by atoms with Crippen LogP contribution in [0.4, 0.5) is 11.4 Å². The van der Waals surface area contributed by atoms with Crippen molar-refractivity contribution < 1.29 is 24.0 Å². The van der Waals surface area contributed by atoms with E-state index in [1.54, 1.807) is 12.1 Å². The third-order valence-corrected chi connectivity index (χ3v) is 3.67. The number of nitrogens with zero attached hydrogens (tertiary/aromatic N) is 1. The Bertz CT molecular complexity index is 868. The molecule has 0 saturated carbocycles. The van der Waals surface area contributed by atoms with Crippen LogP contribution < -0.4 is 10.1 Å². The van der Waals surface area contributed by atoms with E-state index in [1.165, 1.54) is 13.2 Å². The average molecular weight is 379 g/mol. The van der Waals surface area contributed by atoms with Crippen LogP contribution in [0.15, 0.2) is 36.4 Å². The molecule has 0 aromatic heterocycles. The minimum absolute atomic E-state index is 0.0126. The van der Waals surface area contributed by atoms with Crippen LogP contribution >= 0.6 is 11.6 Å². The standard InChI is InChI=1S/C17H15ClN2O6/c1-10-3-6-15(25-2)14(7-10)19-16(21)9-26-17(22)12-8-11(20(23)24)4-5-13(12)18/h3-8H,9H2,1-2H3,(H,19,21). The number of ether oxygens (including phenoxy) is 2. The Kier molecular flexibility index (Phi) is 6.13. The van der Waals surface area contributed by atoms with Gasteiger partial charge in [-0.05, 0) is 30.7 Å². The fourth-order valence-corrected chi connectivity index (χ4v) is 2.29. The maximum absolute atomic E-state index is 12.0. The molecule has 0 unspecified atom stereocenters. The molecule has 2 aromatic carbocycles. The average Bonchev–Trinajstić information content (AvgIpc) is 2.60. The molecule has 9 heteroatoms. The largest absolute Gasteiger partial charge is 0.495 e. The SMILES string of the molecule is COc1ccc(C)cc1NC(=O)COC(=O)c1cc([N+](=O)[O-])ccc1Cl. The predicted octanol–water partition coefficient (Wildman–Crippen LogP) is 3.36. The molecule has 0 atom stereocenters. The highest BCUT2D eigenvalue weighted by molar-refractivity contribution is 6.33. The molecule has 0 aliphatic heterocycles. The van der Waals surface area contributed by atoms with Crippen molar-refractivity contribution in [2.75, 3.05) is 19.0 Å². The number of nitro benzene ring substituents is 1. The number of carbonyl (C=O) groups is 2. The number of non-ortho nitro benzene ring substituents is 1. The second-order valence-corrected chi connectivity index (χ2v) is 5.66. The van der Waals surface area contributed by atoms with E-state index >= 15 is 0 Å². The lowest BCUT2D eigenvalue weighted by molar-refractivity contribution is -0.384. The number of hydrogen-bond acceptors (Lipinski definition) is 6. The first-order chi connectivity index (χ1) is 12.3. The highest BCUT2D eigenvalue weighted by atomic mass is 35.5. The molecule has 1 amide bonds. The quantitative estimate of drug-likeness (QED) is 0.469. The van der Waals surface area contributed by atoms with Crippen molar-refractivity contribution in [1.29, 1.82) is 0 Å². The van der Waals surface area contributed by atoms with Crippen LogP contribution in [-0.4, -0.2) is 30.5 Å². The first-order valence-electron chi connectivity index (χ1n) is 7.37. The van der Waals surface area contributed by atoms with Crippen LogP contribution in [0, 0.1) is 17.0 Å². The lowest BCUT2D eigenvalue weighted by atomic mass is 10.2. The molecule has 0 radical (unpaired) electrons. The van der Waals surface area contributed by atoms with Crippen molar-refractivity contribution in [3.63, 3.8) is 0 Å². The third kappa shape index (κ3) is 4.70. The van der Waals surface area contributed by atoms with Crippen LogP contribution in [-0.2, 0) is 9.53 Å². The predicted molar refractivity (Wildman–Crippen MR) is 94.7 cm³/mol. The summed E-state index contributed by atoms with van der Waals surface area (Å²) >= 11 is 5.86. The highest BCUT2D eigenvalue weighted by Gasteiger charge is 2.18. The van der Waals surface area contributed by atoms with Gasteiger partial charge in [-0.3, -0.25) is 14.9 Å². The molecule has 136 valence electrons. The zero-order valence-corrected chi connectivity index (χ0v) is 14.7. The monoisotopic (exact) mass is 378 g/mol. The Hall–Kier alpha value is -3.13. The Morgan fingerprint density at radius 2 is 1.96 bits per heavy atom. The summed E-state index contributed by atoms with van der Waals surface area (Å²) in [5.74, 6) is -1.08. The topological polar surface area (TPSA) is 108 Å². The zero-order chi connectivity index (χ0) is 19.3. The Balaban J connectivity index is 2.04. The van der Waals surface area contributed by atoms with E-state index < -0.39 is 23.4 Å². The summed E-state index contributed by atoms with van der Waals surface area (Å²) in [6.45, 7) is 1.26. The van der Waals surface area contributed by atoms with Crippen LogP contribution in [0.5, 0.6) is 5.75 Å². The summed E-state index contributed by atoms with van der Waals surface area (Å²) in [5, 5.41) is 13.3. The first kappa shape index (κ1) is 19.2. The van der Waals surface area contributed by atoms with E-state index in [9.17, 15) is 19.7 Å². The maximum atomic E-state index is 12.0. The number of anilines is 1. The maximum Gasteiger partial charge on any atom is 0.340 e. The molecule has 0 bridgehead atoms. The normalized spacial score (nSPS) is 10.1. The number of amides is 1. The molecular formula is C17H15ClN2O6. The number of benzene rings is 2. The molecule has 0 heterocycles. The van der Waals surface area contributed by atoms with Crippen molar-refractivity contribution in [2.24, 2.45) is 0 Å². The van der Waals surface area contributed by atoms with Crippen LogP contribution in [0.1, 0.15) is 15.9 Å². The van der Waals surface area contributed by atoms with Crippen molar-refractivity contribution in [2.45, 2.75) is 6.92 Å². The van der Waals surface area contributed by atoms with Gasteiger partial charge in [-0.25, -0.2) is 4.79 Å². The summed E-state index contributed by atoms with van der Waals surface area (Å²) in [6.07, 6.45) is 0. The van der Waals surface area contributed by atoms with Crippen LogP contribution in [0.3, 0.4) is 0 Å². The number of aryl methyl sites for hydroxylation is 1. The van der Waals surface area contributed by atoms with Crippen molar-refractivity contribution in [1.82, 2.24) is 0 Å². The minimum Gasteiger partial charge on any atom is -0.495 e. The highest BCUT2D eigenvalue weighted by Crippen LogP contribution is 2.25. The van der Waals surface area contributed by atoms with E-state index in [-0.39, 0.29) is 16.3 Å². The first-order valence-corrected chi connectivity index (χ1v) is 7.75. The number of carbonyl (C=O) groups excluding carboxylic acids is 2. The van der Waals surface area contributed by atoms with Gasteiger partial charge in [0.15, 0.2) is 6.61 Å². The molecule has 0 aliphatic carbocycles. The second kappa shape index (κ2) is 8.30. The molecule has 2 rings (SSSR count). The van der Waals surface area contributed by atoms with Crippen molar-refractivity contribution >= 4 is 34.9 Å². The molecule has 2 aromatic rings. The van der Waals surface area contributed by atoms with Crippen LogP contribution in [0.25, 0.3) is 0 Å². The Morgan fingerprint density at radius 3 is 2.62 bits per heavy atom. The van der Waals surface area contributed by atoms with Crippen LogP contribution in [0.2, 0.25) is 5.02 Å². The van der Waals surface area contributed by atoms with E-state index in [0.29, 0.717) is 11.4 Å². The molecular weight excluding hydrogens is 364 g/mol. The second-order valence-electron chi connectivity index (χ2n) is 5.25. The van der Waals surface area contributed by atoms with Gasteiger partial charge in [0, 0.05) is 12.1 Å². The zero-order valence-electron chi connectivity index (χ0n) is 13.9. The van der Waals surface area contributed by atoms with Gasteiger partial charge in [0.2, 0.25) is 0 Å². The minimum atomic E-state index is -0.940. The fourth-order valence-electron chi connectivity index (χ4n) is 2.10. The molecule has 0 spiro atoms. The smallest absolute Gasteiger partial charge is 0.340 e. The van der Waals surface area contributed by atoms with E-state index in [0.717, 1.165) is 17.7 Å². The molecule has 0 aliphatic rings. The van der Waals surface area contributed by atoms with Gasteiger partial charge in [0.25, 0.3) is 11.6 Å². The summed E-state index contributed by atoms with van der Waals surface area (Å²) in [4.78, 5) is 34.2. The van der Waals surface area contributed by atoms with Gasteiger partial charge in [-0.2, -0.15) is 0 Å². The van der Waals surface area contributed by atoms with Gasteiger partial charge in [0.05, 0.1) is 28.3 Å². The lowest BCUT2D eigenvalue weighted by Gasteiger charge is -2.11. The number of nitrogens with one attached hydrogen (secondary N) is 1. The number of methoxy groups -OCH3 is 1. The molecule has 26 heavy (non-hydrogen) atoms. The van der Waals surface area contributed by atoms with Gasteiger partial charge < -0.3 is 14.8 Å². The summed E-state index contributed by atoms with van der Waals surface area (Å²) < 4.78 is 10.0. The lowest BCUT2D eigenvalue weighted by Crippen LogP contribution is -2.21. The summed E-state index contributed by atoms with van der Waals surface area (Å²) in [7, 11) is 1.46. The summed E-state index contributed by atoms with van der Waals surface area (Å²) in [6, 6.07) is 8.59. The van der Waals surface area contributed by atoms with Gasteiger partial charge in [-0.1, -0.05) is 17.7 Å². The Labute approximate surface area is 153 Å². The van der Waals surface area contributed by atoms with Crippen molar-refractivity contribution in [3.05, 3.63) is 62.7 Å². The van der Waals surface area contributed by atoms with Gasteiger partial charge in [-0.15, -0.1) is 0 Å². The molecule has 8 nitrogen and oxygen atoms in total. The fraction of sp³-hybridized carbons (Fsp3) is 0.176. The van der Waals surface area contributed by atoms with E-state index in [4.69, 9.17) is 21.1 Å². The molecule has 1 N–H and O–H groups in total. The number of esters is 1. The van der Waals surface area contributed by atoms with Gasteiger partial charge >= 0.3 is 5.97 Å². The molecule has 0 saturated heterocycles. The summed E-state index contributed by atoms with van der Waals surface area (Å²) in [5.41, 5.74) is 0.834. The number of halogens is 1. The van der Waals surface area contributed by atoms with Crippen molar-refractivity contribution in [3.8, 4) is 5.75 Å². The Morgan fingerprint density at radius 1 is 1.23 bits per heavy atom. The third-order valence-electron chi connectivity index (χ3n) is 3.34. The number of rotatable bonds is 6. The van der Waals surface area contributed by atoms with E-state index in [1.807, 2.05) is 13.0 Å². The van der Waals surface area contributed by atoms with E-state index in [2.05, 4.69) is 5.32 Å².